The Morgan fingerprint density at radius 1 is 1.17 bits per heavy atom. The molecule has 96 valence electrons. The fourth-order valence-corrected chi connectivity index (χ4v) is 2.36. The third-order valence-electron chi connectivity index (χ3n) is 3.38. The lowest BCUT2D eigenvalue weighted by molar-refractivity contribution is -0.131. The van der Waals surface area contributed by atoms with Crippen molar-refractivity contribution < 1.29 is 9.90 Å². The summed E-state index contributed by atoms with van der Waals surface area (Å²) in [5.74, 6) is -0.896. The van der Waals surface area contributed by atoms with Gasteiger partial charge in [-0.3, -0.25) is 0 Å². The van der Waals surface area contributed by atoms with E-state index in [4.69, 9.17) is 5.11 Å². The number of nitrogens with zero attached hydrogens (tertiary/aromatic N) is 1. The molecule has 1 aromatic rings. The Labute approximate surface area is 108 Å². The van der Waals surface area contributed by atoms with Crippen LogP contribution in [0.1, 0.15) is 31.7 Å². The second kappa shape index (κ2) is 5.71. The fourth-order valence-electron chi connectivity index (χ4n) is 2.36. The first-order valence-corrected chi connectivity index (χ1v) is 6.43. The normalized spacial score (nSPS) is 16.7. The predicted octanol–water partition coefficient (Wildman–Crippen LogP) is 3.16. The van der Waals surface area contributed by atoms with E-state index in [-0.39, 0.29) is 0 Å². The summed E-state index contributed by atoms with van der Waals surface area (Å²) in [7, 11) is 0. The maximum Gasteiger partial charge on any atom is 0.328 e. The molecule has 0 aromatic heterocycles. The minimum Gasteiger partial charge on any atom is -0.478 e. The molecular weight excluding hydrogens is 226 g/mol. The van der Waals surface area contributed by atoms with E-state index in [2.05, 4.69) is 17.0 Å². The summed E-state index contributed by atoms with van der Waals surface area (Å²) in [5.41, 5.74) is 2.99. The van der Waals surface area contributed by atoms with Crippen LogP contribution < -0.4 is 4.90 Å². The largest absolute Gasteiger partial charge is 0.478 e. The first-order valence-electron chi connectivity index (χ1n) is 6.43. The lowest BCUT2D eigenvalue weighted by Crippen LogP contribution is -2.29. The van der Waals surface area contributed by atoms with Crippen molar-refractivity contribution in [1.29, 1.82) is 0 Å². The van der Waals surface area contributed by atoms with Gasteiger partial charge in [-0.25, -0.2) is 4.79 Å². The second-order valence-electron chi connectivity index (χ2n) is 4.76. The van der Waals surface area contributed by atoms with Gasteiger partial charge in [-0.05, 0) is 49.5 Å². The Morgan fingerprint density at radius 2 is 1.78 bits per heavy atom. The van der Waals surface area contributed by atoms with Crippen LogP contribution in [0.3, 0.4) is 0 Å². The van der Waals surface area contributed by atoms with Crippen molar-refractivity contribution in [1.82, 2.24) is 0 Å². The van der Waals surface area contributed by atoms with Crippen LogP contribution in [0, 0.1) is 0 Å². The smallest absolute Gasteiger partial charge is 0.328 e. The highest BCUT2D eigenvalue weighted by Gasteiger charge is 2.10. The van der Waals surface area contributed by atoms with Gasteiger partial charge >= 0.3 is 5.97 Å². The van der Waals surface area contributed by atoms with Gasteiger partial charge < -0.3 is 10.0 Å². The maximum absolute atomic E-state index is 10.6. The summed E-state index contributed by atoms with van der Waals surface area (Å²) in [6.07, 6.45) is 5.10. The average Bonchev–Trinajstić information content (AvgIpc) is 2.39. The van der Waals surface area contributed by atoms with E-state index in [1.54, 1.807) is 0 Å². The molecule has 3 nitrogen and oxygen atoms in total. The molecule has 0 radical (unpaired) electrons. The molecule has 0 amide bonds. The summed E-state index contributed by atoms with van der Waals surface area (Å²) in [6, 6.07) is 8.16. The second-order valence-corrected chi connectivity index (χ2v) is 4.76. The zero-order valence-corrected chi connectivity index (χ0v) is 10.7. The van der Waals surface area contributed by atoms with Crippen LogP contribution in [0.15, 0.2) is 30.3 Å². The Balaban J connectivity index is 2.12. The predicted molar refractivity (Wildman–Crippen MR) is 73.8 cm³/mol. The SMILES string of the molecule is C/C(=C/C(=O)O)c1ccc(N2CCCCC2)cc1. The molecule has 1 aliphatic heterocycles. The maximum atomic E-state index is 10.6. The van der Waals surface area contributed by atoms with Gasteiger partial charge in [-0.1, -0.05) is 12.1 Å². The van der Waals surface area contributed by atoms with Gasteiger partial charge in [-0.15, -0.1) is 0 Å². The van der Waals surface area contributed by atoms with E-state index in [0.717, 1.165) is 24.2 Å². The number of hydrogen-bond donors (Lipinski definition) is 1. The van der Waals surface area contributed by atoms with Crippen LogP contribution in [-0.2, 0) is 4.79 Å². The van der Waals surface area contributed by atoms with Crippen LogP contribution in [0.5, 0.6) is 0 Å². The minimum atomic E-state index is -0.896. The highest BCUT2D eigenvalue weighted by Crippen LogP contribution is 2.22. The monoisotopic (exact) mass is 245 g/mol. The van der Waals surface area contributed by atoms with Crippen molar-refractivity contribution >= 4 is 17.2 Å². The summed E-state index contributed by atoms with van der Waals surface area (Å²) >= 11 is 0. The van der Waals surface area contributed by atoms with E-state index in [1.165, 1.54) is 31.0 Å². The van der Waals surface area contributed by atoms with Crippen LogP contribution >= 0.6 is 0 Å². The number of carboxylic acids is 1. The quantitative estimate of drug-likeness (QED) is 0.831. The van der Waals surface area contributed by atoms with Crippen molar-refractivity contribution in [3.63, 3.8) is 0 Å². The zero-order valence-electron chi connectivity index (χ0n) is 10.7. The van der Waals surface area contributed by atoms with Crippen LogP contribution in [0.25, 0.3) is 5.57 Å². The van der Waals surface area contributed by atoms with E-state index < -0.39 is 5.97 Å². The van der Waals surface area contributed by atoms with Crippen LogP contribution in [0.2, 0.25) is 0 Å². The molecule has 1 fully saturated rings. The minimum absolute atomic E-state index is 0.785. The summed E-state index contributed by atoms with van der Waals surface area (Å²) in [5, 5.41) is 8.72. The molecule has 0 bridgehead atoms. The topological polar surface area (TPSA) is 40.5 Å². The summed E-state index contributed by atoms with van der Waals surface area (Å²) < 4.78 is 0. The molecule has 3 heteroatoms. The summed E-state index contributed by atoms with van der Waals surface area (Å²) in [6.45, 7) is 4.08. The van der Waals surface area contributed by atoms with Crippen molar-refractivity contribution in [3.05, 3.63) is 35.9 Å². The third kappa shape index (κ3) is 3.13. The molecule has 1 aromatic carbocycles. The first kappa shape index (κ1) is 12.7. The molecule has 0 atom stereocenters. The molecule has 0 saturated carbocycles. The number of benzene rings is 1. The number of anilines is 1. The molecule has 18 heavy (non-hydrogen) atoms. The standard InChI is InChI=1S/C15H19NO2/c1-12(11-15(17)18)13-5-7-14(8-6-13)16-9-3-2-4-10-16/h5-8,11H,2-4,9-10H2,1H3,(H,17,18)/b12-11-. The molecule has 0 aliphatic carbocycles. The summed E-state index contributed by atoms with van der Waals surface area (Å²) in [4.78, 5) is 13.0. The van der Waals surface area contributed by atoms with Gasteiger partial charge in [-0.2, -0.15) is 0 Å². The number of allylic oxidation sites excluding steroid dienone is 1. The van der Waals surface area contributed by atoms with Gasteiger partial charge in [0.1, 0.15) is 0 Å². The number of piperidine rings is 1. The molecule has 0 spiro atoms. The Hall–Kier alpha value is -1.77. The van der Waals surface area contributed by atoms with Crippen molar-refractivity contribution in [2.24, 2.45) is 0 Å². The van der Waals surface area contributed by atoms with Gasteiger partial charge in [0.05, 0.1) is 0 Å². The first-order chi connectivity index (χ1) is 8.66. The molecule has 1 heterocycles. The van der Waals surface area contributed by atoms with Crippen LogP contribution in [-0.4, -0.2) is 24.2 Å². The van der Waals surface area contributed by atoms with Crippen LogP contribution in [0.4, 0.5) is 5.69 Å². The third-order valence-corrected chi connectivity index (χ3v) is 3.38. The molecule has 1 saturated heterocycles. The lowest BCUT2D eigenvalue weighted by atomic mass is 10.1. The Morgan fingerprint density at radius 3 is 2.33 bits per heavy atom. The molecule has 2 rings (SSSR count). The van der Waals surface area contributed by atoms with Gasteiger partial charge in [0.25, 0.3) is 0 Å². The van der Waals surface area contributed by atoms with Crippen molar-refractivity contribution in [3.8, 4) is 0 Å². The van der Waals surface area contributed by atoms with Gasteiger partial charge in [0.2, 0.25) is 0 Å². The highest BCUT2D eigenvalue weighted by molar-refractivity contribution is 5.89. The Bertz CT molecular complexity index is 442. The van der Waals surface area contributed by atoms with E-state index in [0.29, 0.717) is 0 Å². The molecule has 0 unspecified atom stereocenters. The van der Waals surface area contributed by atoms with Gasteiger partial charge in [0.15, 0.2) is 0 Å². The highest BCUT2D eigenvalue weighted by atomic mass is 16.4. The van der Waals surface area contributed by atoms with Crippen molar-refractivity contribution in [2.75, 3.05) is 18.0 Å². The lowest BCUT2D eigenvalue weighted by Gasteiger charge is -2.28. The number of carbonyl (C=O) groups is 1. The number of carboxylic acid groups (broad SMARTS) is 1. The molecule has 1 aliphatic rings. The van der Waals surface area contributed by atoms with Gasteiger partial charge in [0, 0.05) is 24.9 Å². The average molecular weight is 245 g/mol. The van der Waals surface area contributed by atoms with Crippen molar-refractivity contribution in [2.45, 2.75) is 26.2 Å². The number of hydrogen-bond acceptors (Lipinski definition) is 2. The molecular formula is C15H19NO2. The zero-order chi connectivity index (χ0) is 13.0. The van der Waals surface area contributed by atoms with E-state index >= 15 is 0 Å². The Kier molecular flexibility index (Phi) is 4.03. The number of aliphatic carboxylic acids is 1. The fraction of sp³-hybridized carbons (Fsp3) is 0.400. The van der Waals surface area contributed by atoms with E-state index in [1.807, 2.05) is 19.1 Å². The van der Waals surface area contributed by atoms with E-state index in [9.17, 15) is 4.79 Å². The number of rotatable bonds is 3. The molecule has 1 N–H and O–H groups in total.